The molecule has 0 amide bonds. The van der Waals surface area contributed by atoms with Gasteiger partial charge in [0.05, 0.1) is 5.69 Å². The lowest BCUT2D eigenvalue weighted by atomic mass is 10.3. The molecule has 0 spiro atoms. The van der Waals surface area contributed by atoms with Crippen molar-refractivity contribution in [2.45, 2.75) is 20.8 Å². The highest BCUT2D eigenvalue weighted by atomic mass is 35.5. The van der Waals surface area contributed by atoms with Gasteiger partial charge in [-0.3, -0.25) is 4.68 Å². The van der Waals surface area contributed by atoms with Crippen LogP contribution in [0.3, 0.4) is 0 Å². The molecule has 2 aromatic heterocycles. The fraction of sp³-hybridized carbons (Fsp3) is 0.364. The molecule has 90 valence electrons. The molecule has 0 radical (unpaired) electrons. The third-order valence-corrected chi connectivity index (χ3v) is 2.63. The van der Waals surface area contributed by atoms with Gasteiger partial charge in [-0.2, -0.15) is 10.1 Å². The summed E-state index contributed by atoms with van der Waals surface area (Å²) in [6.45, 7) is 5.59. The molecule has 5 nitrogen and oxygen atoms in total. The van der Waals surface area contributed by atoms with E-state index in [1.807, 2.05) is 20.9 Å². The number of aryl methyl sites for hydroxylation is 3. The van der Waals surface area contributed by atoms with E-state index < -0.39 is 0 Å². The number of aromatic nitrogens is 4. The molecule has 0 saturated carbocycles. The molecule has 0 aliphatic carbocycles. The van der Waals surface area contributed by atoms with Crippen molar-refractivity contribution in [3.05, 3.63) is 28.4 Å². The van der Waals surface area contributed by atoms with E-state index in [0.29, 0.717) is 22.6 Å². The van der Waals surface area contributed by atoms with Crippen LogP contribution in [0.25, 0.3) is 0 Å². The lowest BCUT2D eigenvalue weighted by Crippen LogP contribution is -1.95. The van der Waals surface area contributed by atoms with Gasteiger partial charge in [-0.25, -0.2) is 4.98 Å². The molecular weight excluding hydrogens is 240 g/mol. The summed E-state index contributed by atoms with van der Waals surface area (Å²) >= 11 is 5.85. The Bertz CT molecular complexity index is 545. The summed E-state index contributed by atoms with van der Waals surface area (Å²) < 4.78 is 7.47. The zero-order valence-electron chi connectivity index (χ0n) is 10.2. The van der Waals surface area contributed by atoms with Crippen molar-refractivity contribution >= 4 is 11.6 Å². The van der Waals surface area contributed by atoms with Crippen LogP contribution in [0.15, 0.2) is 6.07 Å². The average Bonchev–Trinajstić information content (AvgIpc) is 2.44. The first-order chi connectivity index (χ1) is 7.97. The topological polar surface area (TPSA) is 52.8 Å². The monoisotopic (exact) mass is 252 g/mol. The summed E-state index contributed by atoms with van der Waals surface area (Å²) in [6, 6.07) is 1.58. The Kier molecular flexibility index (Phi) is 3.02. The molecule has 0 atom stereocenters. The molecule has 2 rings (SSSR count). The molecule has 0 fully saturated rings. The molecule has 0 N–H and O–H groups in total. The molecular formula is C11H13ClN4O. The van der Waals surface area contributed by atoms with Gasteiger partial charge < -0.3 is 4.74 Å². The SMILES string of the molecule is Cc1nc(Cl)cc(Oc2c(C)nn(C)c2C)n1. The maximum atomic E-state index is 5.85. The molecule has 0 unspecified atom stereocenters. The minimum absolute atomic E-state index is 0.367. The molecule has 0 bridgehead atoms. The van der Waals surface area contributed by atoms with E-state index >= 15 is 0 Å². The maximum absolute atomic E-state index is 5.85. The van der Waals surface area contributed by atoms with Crippen molar-refractivity contribution in [2.75, 3.05) is 0 Å². The van der Waals surface area contributed by atoms with E-state index in [1.165, 1.54) is 0 Å². The quantitative estimate of drug-likeness (QED) is 0.771. The Morgan fingerprint density at radius 2 is 1.94 bits per heavy atom. The van der Waals surface area contributed by atoms with Crippen LogP contribution in [0, 0.1) is 20.8 Å². The molecule has 0 aliphatic rings. The zero-order valence-corrected chi connectivity index (χ0v) is 10.9. The molecule has 2 aromatic rings. The first-order valence-electron chi connectivity index (χ1n) is 5.16. The third-order valence-electron chi connectivity index (χ3n) is 2.43. The van der Waals surface area contributed by atoms with Crippen molar-refractivity contribution in [1.29, 1.82) is 0 Å². The number of rotatable bonds is 2. The van der Waals surface area contributed by atoms with Crippen LogP contribution in [0.5, 0.6) is 11.6 Å². The normalized spacial score (nSPS) is 10.6. The van der Waals surface area contributed by atoms with Crippen molar-refractivity contribution in [3.8, 4) is 11.6 Å². The number of hydrogen-bond donors (Lipinski definition) is 0. The predicted octanol–water partition coefficient (Wildman–Crippen LogP) is 2.58. The van der Waals surface area contributed by atoms with Gasteiger partial charge in [-0.15, -0.1) is 0 Å². The highest BCUT2D eigenvalue weighted by Gasteiger charge is 2.13. The van der Waals surface area contributed by atoms with Gasteiger partial charge in [0.1, 0.15) is 16.7 Å². The van der Waals surface area contributed by atoms with E-state index in [9.17, 15) is 0 Å². The third kappa shape index (κ3) is 2.39. The fourth-order valence-corrected chi connectivity index (χ4v) is 1.78. The second-order valence-electron chi connectivity index (χ2n) is 3.80. The smallest absolute Gasteiger partial charge is 0.224 e. The van der Waals surface area contributed by atoms with Crippen molar-refractivity contribution < 1.29 is 4.74 Å². The standard InChI is InChI=1S/C11H13ClN4O/c1-6-11(7(2)16(4)15-6)17-10-5-9(12)13-8(3)14-10/h5H,1-4H3. The second kappa shape index (κ2) is 4.33. The first-order valence-corrected chi connectivity index (χ1v) is 5.54. The Balaban J connectivity index is 2.37. The summed E-state index contributed by atoms with van der Waals surface area (Å²) in [5.41, 5.74) is 1.76. The minimum atomic E-state index is 0.367. The number of hydrogen-bond acceptors (Lipinski definition) is 4. The average molecular weight is 253 g/mol. The van der Waals surface area contributed by atoms with Crippen LogP contribution in [0.4, 0.5) is 0 Å². The molecule has 17 heavy (non-hydrogen) atoms. The summed E-state index contributed by atoms with van der Waals surface area (Å²) in [4.78, 5) is 8.15. The van der Waals surface area contributed by atoms with E-state index in [-0.39, 0.29) is 0 Å². The Morgan fingerprint density at radius 3 is 2.47 bits per heavy atom. The lowest BCUT2D eigenvalue weighted by molar-refractivity contribution is 0.452. The second-order valence-corrected chi connectivity index (χ2v) is 4.19. The number of nitrogens with zero attached hydrogens (tertiary/aromatic N) is 4. The summed E-state index contributed by atoms with van der Waals surface area (Å²) in [6.07, 6.45) is 0. The molecule has 2 heterocycles. The van der Waals surface area contributed by atoms with Crippen LogP contribution in [-0.4, -0.2) is 19.7 Å². The molecule has 0 saturated heterocycles. The van der Waals surface area contributed by atoms with Crippen LogP contribution in [-0.2, 0) is 7.05 Å². The predicted molar refractivity (Wildman–Crippen MR) is 64.5 cm³/mol. The van der Waals surface area contributed by atoms with E-state index in [0.717, 1.165) is 11.4 Å². The highest BCUT2D eigenvalue weighted by Crippen LogP contribution is 2.27. The van der Waals surface area contributed by atoms with E-state index in [1.54, 1.807) is 17.7 Å². The van der Waals surface area contributed by atoms with Gasteiger partial charge in [0.2, 0.25) is 5.88 Å². The molecule has 6 heteroatoms. The Labute approximate surface area is 104 Å². The number of halogens is 1. The van der Waals surface area contributed by atoms with Crippen molar-refractivity contribution in [1.82, 2.24) is 19.7 Å². The zero-order chi connectivity index (χ0) is 12.6. The van der Waals surface area contributed by atoms with Crippen molar-refractivity contribution in [2.24, 2.45) is 7.05 Å². The van der Waals surface area contributed by atoms with Gasteiger partial charge in [0.25, 0.3) is 0 Å². The minimum Gasteiger partial charge on any atom is -0.435 e. The molecule has 0 aliphatic heterocycles. The number of ether oxygens (including phenoxy) is 1. The van der Waals surface area contributed by atoms with Gasteiger partial charge in [0, 0.05) is 13.1 Å². The van der Waals surface area contributed by atoms with Gasteiger partial charge in [-0.05, 0) is 20.8 Å². The Morgan fingerprint density at radius 1 is 1.24 bits per heavy atom. The van der Waals surface area contributed by atoms with E-state index in [2.05, 4.69) is 15.1 Å². The van der Waals surface area contributed by atoms with Crippen LogP contribution < -0.4 is 4.74 Å². The van der Waals surface area contributed by atoms with Crippen LogP contribution in [0.2, 0.25) is 5.15 Å². The van der Waals surface area contributed by atoms with Gasteiger partial charge >= 0.3 is 0 Å². The van der Waals surface area contributed by atoms with Crippen molar-refractivity contribution in [3.63, 3.8) is 0 Å². The fourth-order valence-electron chi connectivity index (χ4n) is 1.56. The van der Waals surface area contributed by atoms with E-state index in [4.69, 9.17) is 16.3 Å². The highest BCUT2D eigenvalue weighted by molar-refractivity contribution is 6.29. The van der Waals surface area contributed by atoms with Crippen LogP contribution in [0.1, 0.15) is 17.2 Å². The maximum Gasteiger partial charge on any atom is 0.224 e. The van der Waals surface area contributed by atoms with Gasteiger partial charge in [-0.1, -0.05) is 11.6 Å². The first kappa shape index (κ1) is 11.9. The summed E-state index contributed by atoms with van der Waals surface area (Å²) in [5.74, 6) is 1.72. The van der Waals surface area contributed by atoms with Gasteiger partial charge in [0.15, 0.2) is 5.75 Å². The summed E-state index contributed by atoms with van der Waals surface area (Å²) in [5, 5.41) is 4.63. The lowest BCUT2D eigenvalue weighted by Gasteiger charge is -2.05. The largest absolute Gasteiger partial charge is 0.435 e. The summed E-state index contributed by atoms with van der Waals surface area (Å²) in [7, 11) is 1.87. The molecule has 0 aromatic carbocycles. The van der Waals surface area contributed by atoms with Crippen LogP contribution >= 0.6 is 11.6 Å². The Hall–Kier alpha value is -1.62.